The topological polar surface area (TPSA) is 79.3 Å². The third-order valence-corrected chi connectivity index (χ3v) is 5.18. The van der Waals surface area contributed by atoms with E-state index in [1.54, 1.807) is 36.1 Å². The molecule has 1 fully saturated rings. The van der Waals surface area contributed by atoms with E-state index in [4.69, 9.17) is 0 Å². The Labute approximate surface area is 160 Å². The number of aryl methyl sites for hydroxylation is 1. The highest BCUT2D eigenvalue weighted by Crippen LogP contribution is 2.25. The molecule has 0 aliphatic carbocycles. The highest BCUT2D eigenvalue weighted by Gasteiger charge is 2.33. The summed E-state index contributed by atoms with van der Waals surface area (Å²) in [5.41, 5.74) is 2.50. The molecule has 2 amide bonds. The third-order valence-electron chi connectivity index (χ3n) is 4.29. The van der Waals surface area contributed by atoms with Crippen LogP contribution in [0.1, 0.15) is 33.0 Å². The summed E-state index contributed by atoms with van der Waals surface area (Å²) in [6.07, 6.45) is 5.68. The van der Waals surface area contributed by atoms with E-state index in [2.05, 4.69) is 15.0 Å². The quantitative estimate of drug-likeness (QED) is 0.699. The number of hydrogen-bond acceptors (Lipinski definition) is 6. The lowest BCUT2D eigenvalue weighted by molar-refractivity contribution is 0.0182. The van der Waals surface area contributed by atoms with E-state index in [9.17, 15) is 9.59 Å². The molecule has 0 saturated carbocycles. The van der Waals surface area contributed by atoms with E-state index in [-0.39, 0.29) is 11.8 Å². The van der Waals surface area contributed by atoms with Crippen LogP contribution in [0.2, 0.25) is 0 Å². The number of amides is 2. The fourth-order valence-corrected chi connectivity index (χ4v) is 3.69. The van der Waals surface area contributed by atoms with Gasteiger partial charge in [-0.25, -0.2) is 15.0 Å². The zero-order chi connectivity index (χ0) is 18.8. The van der Waals surface area contributed by atoms with Crippen LogP contribution in [-0.2, 0) is 0 Å². The summed E-state index contributed by atoms with van der Waals surface area (Å²) >= 11 is 1.39. The van der Waals surface area contributed by atoms with Crippen LogP contribution >= 0.6 is 11.3 Å². The molecule has 0 aromatic carbocycles. The molecule has 4 rings (SSSR count). The number of carbonyl (C=O) groups excluding carboxylic acids is 2. The van der Waals surface area contributed by atoms with Crippen molar-refractivity contribution in [3.63, 3.8) is 0 Å². The summed E-state index contributed by atoms with van der Waals surface area (Å²) in [4.78, 5) is 38.4. The Morgan fingerprint density at radius 2 is 1.89 bits per heavy atom. The first-order valence-electron chi connectivity index (χ1n) is 8.56. The van der Waals surface area contributed by atoms with E-state index >= 15 is 0 Å². The van der Waals surface area contributed by atoms with Crippen molar-refractivity contribution in [2.24, 2.45) is 0 Å². The largest absolute Gasteiger partial charge is 0.291 e. The highest BCUT2D eigenvalue weighted by atomic mass is 32.1. The zero-order valence-corrected chi connectivity index (χ0v) is 15.5. The SMILES string of the molecule is Cc1ccc(C(=O)N2CCCN2C(=O)c2csc(-c3cccnc3)n2)cn1. The lowest BCUT2D eigenvalue weighted by Gasteiger charge is -2.27. The van der Waals surface area contributed by atoms with Gasteiger partial charge in [-0.3, -0.25) is 19.6 Å². The van der Waals surface area contributed by atoms with Gasteiger partial charge in [-0.1, -0.05) is 0 Å². The van der Waals surface area contributed by atoms with Crippen LogP contribution in [0.4, 0.5) is 0 Å². The van der Waals surface area contributed by atoms with Gasteiger partial charge in [0.15, 0.2) is 0 Å². The minimum atomic E-state index is -0.271. The Kier molecular flexibility index (Phi) is 4.64. The van der Waals surface area contributed by atoms with Crippen LogP contribution in [0.25, 0.3) is 10.6 Å². The number of pyridine rings is 2. The van der Waals surface area contributed by atoms with Gasteiger partial charge in [0.25, 0.3) is 11.8 Å². The fourth-order valence-electron chi connectivity index (χ4n) is 2.90. The molecule has 1 aliphatic heterocycles. The second kappa shape index (κ2) is 7.24. The average molecular weight is 379 g/mol. The Balaban J connectivity index is 1.55. The van der Waals surface area contributed by atoms with E-state index < -0.39 is 0 Å². The molecule has 0 atom stereocenters. The zero-order valence-electron chi connectivity index (χ0n) is 14.7. The van der Waals surface area contributed by atoms with Gasteiger partial charge in [0.05, 0.1) is 5.56 Å². The third kappa shape index (κ3) is 3.43. The molecule has 3 aromatic rings. The highest BCUT2D eigenvalue weighted by molar-refractivity contribution is 7.13. The van der Waals surface area contributed by atoms with Crippen LogP contribution in [0.15, 0.2) is 48.2 Å². The summed E-state index contributed by atoms with van der Waals surface area (Å²) in [5, 5.41) is 5.41. The number of thiazole rings is 1. The normalized spacial score (nSPS) is 13.8. The second-order valence-electron chi connectivity index (χ2n) is 6.18. The Hall–Kier alpha value is -3.13. The van der Waals surface area contributed by atoms with Gasteiger partial charge >= 0.3 is 0 Å². The molecule has 0 radical (unpaired) electrons. The minimum Gasteiger partial charge on any atom is -0.267 e. The van der Waals surface area contributed by atoms with Gasteiger partial charge in [-0.2, -0.15) is 0 Å². The first-order valence-corrected chi connectivity index (χ1v) is 9.43. The maximum Gasteiger partial charge on any atom is 0.291 e. The van der Waals surface area contributed by atoms with Crippen LogP contribution in [0.3, 0.4) is 0 Å². The molecule has 0 unspecified atom stereocenters. The van der Waals surface area contributed by atoms with Crippen molar-refractivity contribution in [3.8, 4) is 10.6 Å². The van der Waals surface area contributed by atoms with Crippen molar-refractivity contribution in [2.75, 3.05) is 13.1 Å². The molecule has 8 heteroatoms. The Morgan fingerprint density at radius 3 is 2.59 bits per heavy atom. The van der Waals surface area contributed by atoms with Crippen molar-refractivity contribution in [3.05, 3.63) is 65.2 Å². The number of hydrogen-bond donors (Lipinski definition) is 0. The second-order valence-corrected chi connectivity index (χ2v) is 7.04. The monoisotopic (exact) mass is 379 g/mol. The van der Waals surface area contributed by atoms with Gasteiger partial charge in [0, 0.05) is 48.3 Å². The van der Waals surface area contributed by atoms with Gasteiger partial charge in [0.1, 0.15) is 10.7 Å². The maximum atomic E-state index is 12.9. The molecule has 27 heavy (non-hydrogen) atoms. The van der Waals surface area contributed by atoms with Crippen molar-refractivity contribution >= 4 is 23.2 Å². The molecular weight excluding hydrogens is 362 g/mol. The molecule has 0 spiro atoms. The standard InChI is InChI=1S/C19H17N5O2S/c1-13-5-6-15(11-21-13)18(25)23-8-3-9-24(23)19(26)16-12-27-17(22-16)14-4-2-7-20-10-14/h2,4-7,10-12H,3,8-9H2,1H3. The van der Waals surface area contributed by atoms with Crippen molar-refractivity contribution < 1.29 is 9.59 Å². The van der Waals surface area contributed by atoms with Crippen molar-refractivity contribution in [1.82, 2.24) is 25.0 Å². The number of aromatic nitrogens is 3. The summed E-state index contributed by atoms with van der Waals surface area (Å²) in [5.74, 6) is -0.497. The van der Waals surface area contributed by atoms with Crippen LogP contribution < -0.4 is 0 Å². The van der Waals surface area contributed by atoms with Crippen molar-refractivity contribution in [1.29, 1.82) is 0 Å². The predicted octanol–water partition coefficient (Wildman–Crippen LogP) is 2.81. The van der Waals surface area contributed by atoms with E-state index in [0.29, 0.717) is 24.3 Å². The predicted molar refractivity (Wildman–Crippen MR) is 101 cm³/mol. The summed E-state index contributed by atoms with van der Waals surface area (Å²) in [6.45, 7) is 2.85. The van der Waals surface area contributed by atoms with Gasteiger partial charge in [-0.05, 0) is 37.6 Å². The van der Waals surface area contributed by atoms with E-state index in [0.717, 1.165) is 22.7 Å². The Bertz CT molecular complexity index is 971. The van der Waals surface area contributed by atoms with Gasteiger partial charge in [-0.15, -0.1) is 11.3 Å². The summed E-state index contributed by atoms with van der Waals surface area (Å²) < 4.78 is 0. The van der Waals surface area contributed by atoms with Crippen LogP contribution in [0, 0.1) is 6.92 Å². The molecule has 4 heterocycles. The van der Waals surface area contributed by atoms with E-state index in [1.165, 1.54) is 21.4 Å². The lowest BCUT2D eigenvalue weighted by atomic mass is 10.2. The first-order chi connectivity index (χ1) is 13.1. The fraction of sp³-hybridized carbons (Fsp3) is 0.211. The number of hydrazine groups is 1. The van der Waals surface area contributed by atoms with Crippen molar-refractivity contribution in [2.45, 2.75) is 13.3 Å². The number of carbonyl (C=O) groups is 2. The molecule has 7 nitrogen and oxygen atoms in total. The van der Waals surface area contributed by atoms with E-state index in [1.807, 2.05) is 19.1 Å². The van der Waals surface area contributed by atoms with Crippen LogP contribution in [-0.4, -0.2) is 49.9 Å². The van der Waals surface area contributed by atoms with Gasteiger partial charge < -0.3 is 0 Å². The maximum absolute atomic E-state index is 12.9. The smallest absolute Gasteiger partial charge is 0.267 e. The molecule has 0 N–H and O–H groups in total. The molecule has 1 aliphatic rings. The summed E-state index contributed by atoms with van der Waals surface area (Å²) in [6, 6.07) is 7.25. The van der Waals surface area contributed by atoms with Crippen LogP contribution in [0.5, 0.6) is 0 Å². The average Bonchev–Trinajstić information content (AvgIpc) is 3.38. The Morgan fingerprint density at radius 1 is 1.07 bits per heavy atom. The first kappa shape index (κ1) is 17.3. The molecule has 0 bridgehead atoms. The molecule has 1 saturated heterocycles. The number of nitrogens with zero attached hydrogens (tertiary/aromatic N) is 5. The minimum absolute atomic E-state index is 0.226. The molecule has 136 valence electrons. The lowest BCUT2D eigenvalue weighted by Crippen LogP contribution is -2.45. The summed E-state index contributed by atoms with van der Waals surface area (Å²) in [7, 11) is 0. The molecule has 3 aromatic heterocycles. The molecular formula is C19H17N5O2S. The number of rotatable bonds is 3. The van der Waals surface area contributed by atoms with Gasteiger partial charge in [0.2, 0.25) is 0 Å².